The zero-order valence-electron chi connectivity index (χ0n) is 17.5. The molecule has 31 heavy (non-hydrogen) atoms. The zero-order valence-corrected chi connectivity index (χ0v) is 18.3. The Morgan fingerprint density at radius 3 is 2.58 bits per heavy atom. The molecule has 1 aliphatic rings. The quantitative estimate of drug-likeness (QED) is 0.654. The summed E-state index contributed by atoms with van der Waals surface area (Å²) < 4.78 is 14.8. The Balaban J connectivity index is 1.71. The van der Waals surface area contributed by atoms with Gasteiger partial charge in [0, 0.05) is 31.2 Å². The van der Waals surface area contributed by atoms with Crippen LogP contribution in [0.1, 0.15) is 48.3 Å². The number of fused-ring (bicyclic) bond motifs is 1. The highest BCUT2D eigenvalue weighted by Gasteiger charge is 2.36. The van der Waals surface area contributed by atoms with Gasteiger partial charge in [0.2, 0.25) is 5.43 Å². The average Bonchev–Trinajstić information content (AvgIpc) is 3.19. The third-order valence-corrected chi connectivity index (χ3v) is 6.44. The number of aromatic nitrogens is 3. The van der Waals surface area contributed by atoms with Crippen LogP contribution in [0.5, 0.6) is 5.75 Å². The Morgan fingerprint density at radius 2 is 1.94 bits per heavy atom. The van der Waals surface area contributed by atoms with Gasteiger partial charge in [-0.05, 0) is 38.0 Å². The number of benzene rings is 1. The molecule has 3 aromatic rings. The summed E-state index contributed by atoms with van der Waals surface area (Å²) >= 11 is 1.24. The van der Waals surface area contributed by atoms with E-state index in [4.69, 9.17) is 0 Å². The molecule has 0 bridgehead atoms. The smallest absolute Gasteiger partial charge is 0.275 e. The van der Waals surface area contributed by atoms with Gasteiger partial charge in [0.1, 0.15) is 10.8 Å². The van der Waals surface area contributed by atoms with Crippen LogP contribution in [0.4, 0.5) is 4.39 Å². The van der Waals surface area contributed by atoms with Gasteiger partial charge in [-0.3, -0.25) is 9.59 Å². The van der Waals surface area contributed by atoms with Gasteiger partial charge in [-0.2, -0.15) is 0 Å². The van der Waals surface area contributed by atoms with E-state index in [1.54, 1.807) is 27.8 Å². The van der Waals surface area contributed by atoms with Crippen LogP contribution in [0.15, 0.2) is 35.3 Å². The maximum absolute atomic E-state index is 13.1. The van der Waals surface area contributed by atoms with Crippen LogP contribution in [0.2, 0.25) is 0 Å². The topological polar surface area (TPSA) is 88.3 Å². The standard InChI is InChI=1S/C22H23FN4O3S/c1-4-15-10-26-11-16(19(28)20(29)18(26)22(30)27(15)12(2)3)21-25-24-17(31-21)9-13-5-7-14(23)8-6-13/h5-8,11-12,15,29H,4,9-10H2,1-3H3/t15-/m1/s1. The van der Waals surface area contributed by atoms with Gasteiger partial charge in [-0.1, -0.05) is 30.4 Å². The van der Waals surface area contributed by atoms with Crippen molar-refractivity contribution < 1.29 is 14.3 Å². The fraction of sp³-hybridized carbons (Fsp3) is 0.364. The number of carbonyl (C=O) groups is 1. The number of rotatable bonds is 5. The summed E-state index contributed by atoms with van der Waals surface area (Å²) in [7, 11) is 0. The first kappa shape index (κ1) is 21.2. The lowest BCUT2D eigenvalue weighted by Crippen LogP contribution is -2.51. The van der Waals surface area contributed by atoms with Gasteiger partial charge in [0.25, 0.3) is 5.91 Å². The highest BCUT2D eigenvalue weighted by molar-refractivity contribution is 7.14. The molecule has 3 heterocycles. The first-order chi connectivity index (χ1) is 14.8. The van der Waals surface area contributed by atoms with E-state index < -0.39 is 11.2 Å². The van der Waals surface area contributed by atoms with Crippen LogP contribution >= 0.6 is 11.3 Å². The third kappa shape index (κ3) is 3.85. The monoisotopic (exact) mass is 442 g/mol. The van der Waals surface area contributed by atoms with Gasteiger partial charge in [-0.15, -0.1) is 10.2 Å². The Hall–Kier alpha value is -3.07. The fourth-order valence-electron chi connectivity index (χ4n) is 3.97. The molecule has 2 aromatic heterocycles. The number of amides is 1. The van der Waals surface area contributed by atoms with E-state index in [0.717, 1.165) is 12.0 Å². The van der Waals surface area contributed by atoms with Gasteiger partial charge >= 0.3 is 0 Å². The molecule has 1 N–H and O–H groups in total. The summed E-state index contributed by atoms with van der Waals surface area (Å²) in [6, 6.07) is 6.04. The molecule has 9 heteroatoms. The van der Waals surface area contributed by atoms with Crippen LogP contribution in [0.3, 0.4) is 0 Å². The zero-order chi connectivity index (χ0) is 22.3. The predicted molar refractivity (Wildman–Crippen MR) is 116 cm³/mol. The summed E-state index contributed by atoms with van der Waals surface area (Å²) in [4.78, 5) is 27.6. The van der Waals surface area contributed by atoms with E-state index in [1.165, 1.54) is 23.5 Å². The average molecular weight is 443 g/mol. The van der Waals surface area contributed by atoms with Crippen LogP contribution < -0.4 is 5.43 Å². The molecule has 0 aliphatic carbocycles. The normalized spacial score (nSPS) is 16.1. The molecule has 1 amide bonds. The second-order valence-electron chi connectivity index (χ2n) is 7.89. The lowest BCUT2D eigenvalue weighted by Gasteiger charge is -2.40. The molecule has 0 saturated carbocycles. The summed E-state index contributed by atoms with van der Waals surface area (Å²) in [5.41, 5.74) is 0.468. The predicted octanol–water partition coefficient (Wildman–Crippen LogP) is 3.45. The summed E-state index contributed by atoms with van der Waals surface area (Å²) in [5, 5.41) is 19.9. The number of halogens is 1. The van der Waals surface area contributed by atoms with E-state index in [2.05, 4.69) is 10.2 Å². The van der Waals surface area contributed by atoms with Crippen molar-refractivity contribution in [3.05, 3.63) is 62.8 Å². The van der Waals surface area contributed by atoms with E-state index in [9.17, 15) is 19.1 Å². The maximum Gasteiger partial charge on any atom is 0.275 e. The van der Waals surface area contributed by atoms with E-state index >= 15 is 0 Å². The molecule has 0 saturated heterocycles. The molecular weight excluding hydrogens is 419 g/mol. The summed E-state index contributed by atoms with van der Waals surface area (Å²) in [5.74, 6) is -1.21. The van der Waals surface area contributed by atoms with Crippen LogP contribution in [0.25, 0.3) is 10.6 Å². The van der Waals surface area contributed by atoms with E-state index in [-0.39, 0.29) is 35.1 Å². The molecule has 4 rings (SSSR count). The molecule has 1 atom stereocenters. The minimum atomic E-state index is -0.636. The Morgan fingerprint density at radius 1 is 1.23 bits per heavy atom. The molecule has 1 aromatic carbocycles. The summed E-state index contributed by atoms with van der Waals surface area (Å²) in [6.07, 6.45) is 2.81. The fourth-order valence-corrected chi connectivity index (χ4v) is 4.85. The lowest BCUT2D eigenvalue weighted by molar-refractivity contribution is 0.0497. The van der Waals surface area contributed by atoms with Crippen molar-refractivity contribution in [2.75, 3.05) is 0 Å². The van der Waals surface area contributed by atoms with Gasteiger partial charge in [0.05, 0.1) is 5.56 Å². The highest BCUT2D eigenvalue weighted by atomic mass is 32.1. The second-order valence-corrected chi connectivity index (χ2v) is 8.96. The first-order valence-electron chi connectivity index (χ1n) is 10.2. The van der Waals surface area contributed by atoms with Crippen molar-refractivity contribution >= 4 is 17.2 Å². The summed E-state index contributed by atoms with van der Waals surface area (Å²) in [6.45, 7) is 6.33. The minimum absolute atomic E-state index is 0.0169. The second kappa shape index (κ2) is 8.22. The SMILES string of the molecule is CC[C@@H]1Cn2cc(-c3nnc(Cc4ccc(F)cc4)s3)c(=O)c(O)c2C(=O)N1C(C)C. The highest BCUT2D eigenvalue weighted by Crippen LogP contribution is 2.30. The molecule has 1 aliphatic heterocycles. The van der Waals surface area contributed by atoms with Crippen molar-refractivity contribution in [1.82, 2.24) is 19.7 Å². The lowest BCUT2D eigenvalue weighted by atomic mass is 10.0. The van der Waals surface area contributed by atoms with Crippen molar-refractivity contribution in [3.63, 3.8) is 0 Å². The van der Waals surface area contributed by atoms with Gasteiger partial charge in [0.15, 0.2) is 16.5 Å². The van der Waals surface area contributed by atoms with Gasteiger partial charge in [-0.25, -0.2) is 4.39 Å². The molecule has 162 valence electrons. The number of carbonyl (C=O) groups excluding carboxylic acids is 1. The number of aromatic hydroxyl groups is 1. The Kier molecular flexibility index (Phi) is 5.62. The van der Waals surface area contributed by atoms with Crippen molar-refractivity contribution in [1.29, 1.82) is 0 Å². The van der Waals surface area contributed by atoms with Crippen LogP contribution in [0, 0.1) is 5.82 Å². The van der Waals surface area contributed by atoms with Gasteiger partial charge < -0.3 is 14.6 Å². The molecule has 0 unspecified atom stereocenters. The van der Waals surface area contributed by atoms with Crippen molar-refractivity contribution in [2.24, 2.45) is 0 Å². The molecule has 0 fully saturated rings. The van der Waals surface area contributed by atoms with Crippen molar-refractivity contribution in [3.8, 4) is 16.3 Å². The largest absolute Gasteiger partial charge is 0.503 e. The van der Waals surface area contributed by atoms with Crippen LogP contribution in [-0.4, -0.2) is 42.8 Å². The Bertz CT molecular complexity index is 1190. The minimum Gasteiger partial charge on any atom is -0.503 e. The molecule has 0 spiro atoms. The third-order valence-electron chi connectivity index (χ3n) is 5.49. The number of hydrogen-bond donors (Lipinski definition) is 1. The van der Waals surface area contributed by atoms with Crippen molar-refractivity contribution in [2.45, 2.75) is 52.2 Å². The molecular formula is C22H23FN4O3S. The molecule has 7 nitrogen and oxygen atoms in total. The maximum atomic E-state index is 13.1. The van der Waals surface area contributed by atoms with E-state index in [1.807, 2.05) is 20.8 Å². The van der Waals surface area contributed by atoms with E-state index in [0.29, 0.717) is 23.0 Å². The number of pyridine rings is 1. The number of hydrogen-bond acceptors (Lipinski definition) is 6. The van der Waals surface area contributed by atoms with Crippen LogP contribution in [-0.2, 0) is 13.0 Å². The number of nitrogens with zero attached hydrogens (tertiary/aromatic N) is 4. The molecule has 0 radical (unpaired) electrons. The Labute approximate surface area is 182 Å². The first-order valence-corrected chi connectivity index (χ1v) is 11.0.